The van der Waals surface area contributed by atoms with Gasteiger partial charge in [-0.3, -0.25) is 10.1 Å². The first-order chi connectivity index (χ1) is 15.3. The number of hydrogen-bond acceptors (Lipinski definition) is 7. The van der Waals surface area contributed by atoms with Crippen molar-refractivity contribution in [3.63, 3.8) is 0 Å². The van der Waals surface area contributed by atoms with Crippen LogP contribution in [0.1, 0.15) is 6.92 Å². The minimum atomic E-state index is -3.85. The van der Waals surface area contributed by atoms with Crippen LogP contribution in [0.4, 0.5) is 16.2 Å². The van der Waals surface area contributed by atoms with Gasteiger partial charge in [-0.1, -0.05) is 18.2 Å². The normalized spacial score (nSPS) is 24.5. The fourth-order valence-corrected chi connectivity index (χ4v) is 4.89. The van der Waals surface area contributed by atoms with Crippen molar-refractivity contribution in [1.29, 1.82) is 0 Å². The van der Waals surface area contributed by atoms with Crippen LogP contribution in [-0.2, 0) is 29.0 Å². The van der Waals surface area contributed by atoms with Crippen molar-refractivity contribution in [2.45, 2.75) is 36.2 Å². The van der Waals surface area contributed by atoms with Gasteiger partial charge in [0, 0.05) is 18.3 Å². The van der Waals surface area contributed by atoms with Gasteiger partial charge in [0.2, 0.25) is 15.9 Å². The summed E-state index contributed by atoms with van der Waals surface area (Å²) in [5.41, 5.74) is 1.09. The van der Waals surface area contributed by atoms with E-state index in [2.05, 4.69) is 15.4 Å². The summed E-state index contributed by atoms with van der Waals surface area (Å²) in [6.07, 6.45) is -2.46. The Morgan fingerprint density at radius 2 is 1.56 bits per heavy atom. The topological polar surface area (TPSA) is 132 Å². The third-order valence-corrected chi connectivity index (χ3v) is 6.58. The number of ether oxygens (including phenoxy) is 3. The number of benzene rings is 2. The summed E-state index contributed by atoms with van der Waals surface area (Å²) in [6.45, 7) is 1.55. The van der Waals surface area contributed by atoms with Gasteiger partial charge in [-0.2, -0.15) is 0 Å². The van der Waals surface area contributed by atoms with E-state index < -0.39 is 40.5 Å². The van der Waals surface area contributed by atoms with Crippen LogP contribution >= 0.6 is 0 Å². The minimum Gasteiger partial charge on any atom is -0.441 e. The second kappa shape index (κ2) is 9.25. The molecule has 170 valence electrons. The van der Waals surface area contributed by atoms with Crippen LogP contribution in [0.15, 0.2) is 59.5 Å². The minimum absolute atomic E-state index is 0.0445. The Hall–Kier alpha value is -2.99. The SMILES string of the molecule is CC(=O)Nc1ccc(S(=O)(=O)NC2COC3C(OC(=O)Nc4ccccc4)COC23)cc1. The van der Waals surface area contributed by atoms with E-state index in [4.69, 9.17) is 14.2 Å². The number of hydrogen-bond donors (Lipinski definition) is 3. The molecule has 2 aromatic carbocycles. The summed E-state index contributed by atoms with van der Waals surface area (Å²) in [5, 5.41) is 5.21. The highest BCUT2D eigenvalue weighted by molar-refractivity contribution is 7.89. The molecule has 10 nitrogen and oxygen atoms in total. The largest absolute Gasteiger partial charge is 0.441 e. The van der Waals surface area contributed by atoms with Crippen LogP contribution in [0.2, 0.25) is 0 Å². The maximum atomic E-state index is 12.8. The third-order valence-electron chi connectivity index (χ3n) is 5.08. The van der Waals surface area contributed by atoms with Gasteiger partial charge < -0.3 is 19.5 Å². The fourth-order valence-electron chi connectivity index (χ4n) is 3.66. The van der Waals surface area contributed by atoms with Gasteiger partial charge in [-0.05, 0) is 36.4 Å². The summed E-state index contributed by atoms with van der Waals surface area (Å²) >= 11 is 0. The second-order valence-corrected chi connectivity index (χ2v) is 9.18. The number of para-hydroxylation sites is 1. The molecule has 32 heavy (non-hydrogen) atoms. The molecule has 2 aliphatic rings. The molecule has 2 heterocycles. The number of carbonyl (C=O) groups is 2. The number of rotatable bonds is 6. The summed E-state index contributed by atoms with van der Waals surface area (Å²) in [7, 11) is -3.85. The zero-order valence-corrected chi connectivity index (χ0v) is 18.0. The molecular weight excluding hydrogens is 438 g/mol. The molecule has 0 radical (unpaired) electrons. The van der Waals surface area contributed by atoms with Gasteiger partial charge in [0.15, 0.2) is 6.10 Å². The number of amides is 2. The second-order valence-electron chi connectivity index (χ2n) is 7.46. The lowest BCUT2D eigenvalue weighted by Crippen LogP contribution is -2.44. The summed E-state index contributed by atoms with van der Waals surface area (Å²) in [4.78, 5) is 23.3. The lowest BCUT2D eigenvalue weighted by Gasteiger charge is -2.18. The number of nitrogens with one attached hydrogen (secondary N) is 3. The monoisotopic (exact) mass is 461 g/mol. The van der Waals surface area contributed by atoms with Crippen molar-refractivity contribution in [1.82, 2.24) is 4.72 Å². The Morgan fingerprint density at radius 3 is 2.25 bits per heavy atom. The van der Waals surface area contributed by atoms with Crippen LogP contribution in [0.3, 0.4) is 0 Å². The fraction of sp³-hybridized carbons (Fsp3) is 0.333. The van der Waals surface area contributed by atoms with Crippen molar-refractivity contribution in [2.24, 2.45) is 0 Å². The number of fused-ring (bicyclic) bond motifs is 1. The molecule has 4 rings (SSSR count). The lowest BCUT2D eigenvalue weighted by atomic mass is 10.1. The average molecular weight is 461 g/mol. The van der Waals surface area contributed by atoms with E-state index in [1.54, 1.807) is 24.3 Å². The predicted molar refractivity (Wildman–Crippen MR) is 115 cm³/mol. The standard InChI is InChI=1S/C21H23N3O7S/c1-13(25)22-15-7-9-16(10-8-15)32(27,28)24-17-11-29-20-18(12-30-19(17)20)31-21(26)23-14-5-3-2-4-6-14/h2-10,17-20,24H,11-12H2,1H3,(H,22,25)(H,23,26). The predicted octanol–water partition coefficient (Wildman–Crippen LogP) is 1.71. The van der Waals surface area contributed by atoms with Crippen molar-refractivity contribution in [3.05, 3.63) is 54.6 Å². The van der Waals surface area contributed by atoms with Gasteiger partial charge in [-0.25, -0.2) is 17.9 Å². The molecule has 2 amide bonds. The van der Waals surface area contributed by atoms with E-state index in [9.17, 15) is 18.0 Å². The summed E-state index contributed by atoms with van der Waals surface area (Å²) < 4.78 is 44.9. The van der Waals surface area contributed by atoms with Gasteiger partial charge in [0.05, 0.1) is 24.2 Å². The number of carbonyl (C=O) groups excluding carboxylic acids is 2. The Labute approximate surface area is 185 Å². The molecule has 2 aliphatic heterocycles. The van der Waals surface area contributed by atoms with Crippen molar-refractivity contribution in [2.75, 3.05) is 23.8 Å². The average Bonchev–Trinajstić information content (AvgIpc) is 3.32. The van der Waals surface area contributed by atoms with Gasteiger partial charge in [0.1, 0.15) is 12.2 Å². The molecule has 0 spiro atoms. The maximum absolute atomic E-state index is 12.8. The molecule has 3 N–H and O–H groups in total. The third kappa shape index (κ3) is 5.07. The molecule has 0 aliphatic carbocycles. The molecule has 11 heteroatoms. The van der Waals surface area contributed by atoms with E-state index in [-0.39, 0.29) is 24.0 Å². The van der Waals surface area contributed by atoms with Crippen LogP contribution in [0, 0.1) is 0 Å². The van der Waals surface area contributed by atoms with Crippen LogP contribution < -0.4 is 15.4 Å². The van der Waals surface area contributed by atoms with Crippen molar-refractivity contribution in [3.8, 4) is 0 Å². The Bertz CT molecular complexity index is 1080. The zero-order chi connectivity index (χ0) is 22.7. The van der Waals surface area contributed by atoms with Crippen molar-refractivity contribution >= 4 is 33.4 Å². The lowest BCUT2D eigenvalue weighted by molar-refractivity contribution is -0.114. The highest BCUT2D eigenvalue weighted by Gasteiger charge is 2.50. The van der Waals surface area contributed by atoms with Crippen LogP contribution in [0.5, 0.6) is 0 Å². The van der Waals surface area contributed by atoms with E-state index in [0.717, 1.165) is 0 Å². The summed E-state index contributed by atoms with van der Waals surface area (Å²) in [6, 6.07) is 14.0. The zero-order valence-electron chi connectivity index (χ0n) is 17.2. The van der Waals surface area contributed by atoms with Gasteiger partial charge in [-0.15, -0.1) is 0 Å². The molecule has 2 aromatic rings. The van der Waals surface area contributed by atoms with Gasteiger partial charge >= 0.3 is 6.09 Å². The first-order valence-electron chi connectivity index (χ1n) is 9.98. The smallest absolute Gasteiger partial charge is 0.412 e. The Kier molecular flexibility index (Phi) is 6.42. The Balaban J connectivity index is 1.35. The van der Waals surface area contributed by atoms with Crippen LogP contribution in [0.25, 0.3) is 0 Å². The highest BCUT2D eigenvalue weighted by atomic mass is 32.2. The highest BCUT2D eigenvalue weighted by Crippen LogP contribution is 2.30. The molecule has 2 saturated heterocycles. The van der Waals surface area contributed by atoms with E-state index in [1.165, 1.54) is 31.2 Å². The quantitative estimate of drug-likeness (QED) is 0.597. The van der Waals surface area contributed by atoms with Crippen molar-refractivity contribution < 1.29 is 32.2 Å². The molecule has 0 bridgehead atoms. The van der Waals surface area contributed by atoms with Gasteiger partial charge in [0.25, 0.3) is 0 Å². The first kappa shape index (κ1) is 22.2. The number of anilines is 2. The first-order valence-corrected chi connectivity index (χ1v) is 11.5. The molecular formula is C21H23N3O7S. The number of sulfonamides is 1. The van der Waals surface area contributed by atoms with E-state index in [1.807, 2.05) is 6.07 Å². The maximum Gasteiger partial charge on any atom is 0.412 e. The van der Waals surface area contributed by atoms with E-state index >= 15 is 0 Å². The van der Waals surface area contributed by atoms with Crippen LogP contribution in [-0.4, -0.2) is 58.0 Å². The van der Waals surface area contributed by atoms with E-state index in [0.29, 0.717) is 11.4 Å². The molecule has 0 aromatic heterocycles. The molecule has 0 saturated carbocycles. The molecule has 4 atom stereocenters. The molecule has 2 fully saturated rings. The Morgan fingerprint density at radius 1 is 0.906 bits per heavy atom. The summed E-state index contributed by atoms with van der Waals surface area (Å²) in [5.74, 6) is -0.250. The molecule has 4 unspecified atom stereocenters.